The minimum atomic E-state index is -0.661. The number of nitrogens with zero attached hydrogens (tertiary/aromatic N) is 1. The lowest BCUT2D eigenvalue weighted by Crippen LogP contribution is -2.46. The largest absolute Gasteiger partial charge is 0.338 e. The van der Waals surface area contributed by atoms with Crippen LogP contribution < -0.4 is 5.32 Å². The SMILES string of the molecule is CCC(C#N)(CC)NC(=O)CC(C)C. The molecule has 0 atom stereocenters. The Kier molecular flexibility index (Phi) is 5.22. The highest BCUT2D eigenvalue weighted by molar-refractivity contribution is 5.77. The molecular weight excluding hydrogens is 176 g/mol. The Labute approximate surface area is 86.5 Å². The molecule has 0 spiro atoms. The molecule has 1 amide bonds. The summed E-state index contributed by atoms with van der Waals surface area (Å²) in [4.78, 5) is 11.5. The fraction of sp³-hybridized carbons (Fsp3) is 0.818. The van der Waals surface area contributed by atoms with Crippen molar-refractivity contribution in [2.24, 2.45) is 5.92 Å². The van der Waals surface area contributed by atoms with Crippen molar-refractivity contribution in [1.29, 1.82) is 5.26 Å². The first-order valence-electron chi connectivity index (χ1n) is 5.22. The Hall–Kier alpha value is -1.04. The first-order valence-corrected chi connectivity index (χ1v) is 5.22. The number of carbonyl (C=O) groups is 1. The second-order valence-electron chi connectivity index (χ2n) is 4.05. The molecule has 0 aromatic carbocycles. The number of hydrogen-bond acceptors (Lipinski definition) is 2. The van der Waals surface area contributed by atoms with Crippen molar-refractivity contribution in [3.63, 3.8) is 0 Å². The van der Waals surface area contributed by atoms with Gasteiger partial charge in [0.1, 0.15) is 5.54 Å². The zero-order valence-electron chi connectivity index (χ0n) is 9.55. The second kappa shape index (κ2) is 5.64. The average molecular weight is 196 g/mol. The van der Waals surface area contributed by atoms with Crippen LogP contribution in [0, 0.1) is 17.2 Å². The molecule has 0 radical (unpaired) electrons. The predicted molar refractivity (Wildman–Crippen MR) is 56.5 cm³/mol. The van der Waals surface area contributed by atoms with E-state index in [9.17, 15) is 4.79 Å². The van der Waals surface area contributed by atoms with Gasteiger partial charge in [0, 0.05) is 6.42 Å². The van der Waals surface area contributed by atoms with E-state index in [1.54, 1.807) is 0 Å². The molecule has 0 rings (SSSR count). The van der Waals surface area contributed by atoms with Gasteiger partial charge in [-0.2, -0.15) is 5.26 Å². The van der Waals surface area contributed by atoms with Crippen LogP contribution in [0.5, 0.6) is 0 Å². The van der Waals surface area contributed by atoms with Crippen molar-refractivity contribution >= 4 is 5.91 Å². The summed E-state index contributed by atoms with van der Waals surface area (Å²) in [6.07, 6.45) is 1.80. The summed E-state index contributed by atoms with van der Waals surface area (Å²) < 4.78 is 0. The summed E-state index contributed by atoms with van der Waals surface area (Å²) in [6, 6.07) is 2.19. The molecule has 0 bridgehead atoms. The number of amides is 1. The Morgan fingerprint density at radius 3 is 2.21 bits per heavy atom. The van der Waals surface area contributed by atoms with E-state index in [-0.39, 0.29) is 5.91 Å². The molecular formula is C11H20N2O. The normalized spacial score (nSPS) is 11.1. The highest BCUT2D eigenvalue weighted by Gasteiger charge is 2.27. The van der Waals surface area contributed by atoms with E-state index >= 15 is 0 Å². The van der Waals surface area contributed by atoms with Crippen molar-refractivity contribution < 1.29 is 4.79 Å². The maximum Gasteiger partial charge on any atom is 0.221 e. The molecule has 0 aromatic heterocycles. The van der Waals surface area contributed by atoms with Gasteiger partial charge in [-0.1, -0.05) is 27.7 Å². The van der Waals surface area contributed by atoms with Crippen LogP contribution in [-0.4, -0.2) is 11.4 Å². The number of nitriles is 1. The Bertz CT molecular complexity index is 224. The zero-order chi connectivity index (χ0) is 11.2. The van der Waals surface area contributed by atoms with Gasteiger partial charge in [-0.05, 0) is 18.8 Å². The molecule has 14 heavy (non-hydrogen) atoms. The molecule has 0 aromatic rings. The van der Waals surface area contributed by atoms with Gasteiger partial charge in [0.15, 0.2) is 0 Å². The maximum atomic E-state index is 11.5. The van der Waals surface area contributed by atoms with Crippen LogP contribution in [0.25, 0.3) is 0 Å². The number of hydrogen-bond donors (Lipinski definition) is 1. The summed E-state index contributed by atoms with van der Waals surface area (Å²) in [5, 5.41) is 11.8. The van der Waals surface area contributed by atoms with Crippen LogP contribution in [-0.2, 0) is 4.79 Å². The summed E-state index contributed by atoms with van der Waals surface area (Å²) in [7, 11) is 0. The first kappa shape index (κ1) is 13.0. The van der Waals surface area contributed by atoms with Crippen LogP contribution in [0.2, 0.25) is 0 Å². The smallest absolute Gasteiger partial charge is 0.221 e. The fourth-order valence-electron chi connectivity index (χ4n) is 1.30. The van der Waals surface area contributed by atoms with E-state index in [1.165, 1.54) is 0 Å². The lowest BCUT2D eigenvalue weighted by Gasteiger charge is -2.25. The lowest BCUT2D eigenvalue weighted by atomic mass is 9.94. The molecule has 0 saturated heterocycles. The van der Waals surface area contributed by atoms with Gasteiger partial charge in [0.2, 0.25) is 5.91 Å². The highest BCUT2D eigenvalue weighted by Crippen LogP contribution is 2.14. The van der Waals surface area contributed by atoms with E-state index in [4.69, 9.17) is 5.26 Å². The quantitative estimate of drug-likeness (QED) is 0.733. The number of rotatable bonds is 5. The van der Waals surface area contributed by atoms with Crippen LogP contribution in [0.3, 0.4) is 0 Å². The monoisotopic (exact) mass is 196 g/mol. The van der Waals surface area contributed by atoms with Gasteiger partial charge in [0.25, 0.3) is 0 Å². The van der Waals surface area contributed by atoms with Crippen LogP contribution >= 0.6 is 0 Å². The topological polar surface area (TPSA) is 52.9 Å². The minimum Gasteiger partial charge on any atom is -0.338 e. The minimum absolute atomic E-state index is 0.0229. The van der Waals surface area contributed by atoms with Gasteiger partial charge < -0.3 is 5.32 Å². The summed E-state index contributed by atoms with van der Waals surface area (Å²) in [5.41, 5.74) is -0.661. The number of nitrogens with one attached hydrogen (secondary N) is 1. The van der Waals surface area contributed by atoms with Crippen molar-refractivity contribution in [2.75, 3.05) is 0 Å². The zero-order valence-corrected chi connectivity index (χ0v) is 9.55. The molecule has 80 valence electrons. The molecule has 3 nitrogen and oxygen atoms in total. The Balaban J connectivity index is 4.32. The Morgan fingerprint density at radius 2 is 1.93 bits per heavy atom. The summed E-state index contributed by atoms with van der Waals surface area (Å²) in [5.74, 6) is 0.311. The van der Waals surface area contributed by atoms with Crippen LogP contribution in [0.1, 0.15) is 47.0 Å². The first-order chi connectivity index (χ1) is 6.49. The van der Waals surface area contributed by atoms with Crippen molar-refractivity contribution in [2.45, 2.75) is 52.5 Å². The average Bonchev–Trinajstić information content (AvgIpc) is 2.13. The second-order valence-corrected chi connectivity index (χ2v) is 4.05. The van der Waals surface area contributed by atoms with E-state index in [2.05, 4.69) is 11.4 Å². The Morgan fingerprint density at radius 1 is 1.43 bits per heavy atom. The molecule has 0 aliphatic carbocycles. The van der Waals surface area contributed by atoms with Crippen LogP contribution in [0.15, 0.2) is 0 Å². The third-order valence-electron chi connectivity index (χ3n) is 2.39. The molecule has 0 aliphatic heterocycles. The highest BCUT2D eigenvalue weighted by atomic mass is 16.1. The molecule has 0 unspecified atom stereocenters. The van der Waals surface area contributed by atoms with Crippen LogP contribution in [0.4, 0.5) is 0 Å². The summed E-state index contributed by atoms with van der Waals surface area (Å²) in [6.45, 7) is 7.82. The molecule has 1 N–H and O–H groups in total. The summed E-state index contributed by atoms with van der Waals surface area (Å²) >= 11 is 0. The van der Waals surface area contributed by atoms with Gasteiger partial charge in [-0.25, -0.2) is 0 Å². The van der Waals surface area contributed by atoms with E-state index < -0.39 is 5.54 Å². The third kappa shape index (κ3) is 3.78. The molecule has 0 fully saturated rings. The van der Waals surface area contributed by atoms with Crippen molar-refractivity contribution in [3.8, 4) is 6.07 Å². The van der Waals surface area contributed by atoms with E-state index in [0.29, 0.717) is 25.2 Å². The third-order valence-corrected chi connectivity index (χ3v) is 2.39. The maximum absolute atomic E-state index is 11.5. The molecule has 0 heterocycles. The number of carbonyl (C=O) groups excluding carboxylic acids is 1. The molecule has 0 saturated carbocycles. The predicted octanol–water partition coefficient (Wildman–Crippen LogP) is 2.23. The molecule has 3 heteroatoms. The molecule has 0 aliphatic rings. The van der Waals surface area contributed by atoms with Gasteiger partial charge in [-0.3, -0.25) is 4.79 Å². The standard InChI is InChI=1S/C11H20N2O/c1-5-11(6-2,8-12)13-10(14)7-9(3)4/h9H,5-7H2,1-4H3,(H,13,14). The van der Waals surface area contributed by atoms with Gasteiger partial charge >= 0.3 is 0 Å². The lowest BCUT2D eigenvalue weighted by molar-refractivity contribution is -0.123. The van der Waals surface area contributed by atoms with Gasteiger partial charge in [-0.15, -0.1) is 0 Å². The van der Waals surface area contributed by atoms with Crippen molar-refractivity contribution in [1.82, 2.24) is 5.32 Å². The van der Waals surface area contributed by atoms with E-state index in [1.807, 2.05) is 27.7 Å². The van der Waals surface area contributed by atoms with E-state index in [0.717, 1.165) is 0 Å². The fourth-order valence-corrected chi connectivity index (χ4v) is 1.30. The van der Waals surface area contributed by atoms with Crippen molar-refractivity contribution in [3.05, 3.63) is 0 Å². The van der Waals surface area contributed by atoms with Gasteiger partial charge in [0.05, 0.1) is 6.07 Å².